The molecule has 1 aromatic carbocycles. The van der Waals surface area contributed by atoms with Gasteiger partial charge in [0.2, 0.25) is 5.91 Å². The third-order valence-electron chi connectivity index (χ3n) is 2.50. The van der Waals surface area contributed by atoms with Crippen LogP contribution in [0.1, 0.15) is 34.8 Å². The van der Waals surface area contributed by atoms with E-state index >= 15 is 0 Å². The summed E-state index contributed by atoms with van der Waals surface area (Å²) in [5.41, 5.74) is -0.878. The molecule has 0 fully saturated rings. The summed E-state index contributed by atoms with van der Waals surface area (Å²) in [6.07, 6.45) is -0.845. The van der Waals surface area contributed by atoms with Gasteiger partial charge in [0.25, 0.3) is 0 Å². The molecule has 0 heterocycles. The largest absolute Gasteiger partial charge is 0.417 e. The lowest BCUT2D eigenvalue weighted by atomic mass is 10.0. The summed E-state index contributed by atoms with van der Waals surface area (Å²) in [4.78, 5) is 21.2. The molecule has 1 aromatic rings. The van der Waals surface area contributed by atoms with Crippen molar-refractivity contribution in [3.05, 3.63) is 41.0 Å². The van der Waals surface area contributed by atoms with E-state index in [4.69, 9.17) is 0 Å². The summed E-state index contributed by atoms with van der Waals surface area (Å²) < 4.78 is 38.5. The van der Waals surface area contributed by atoms with Crippen molar-refractivity contribution in [1.29, 1.82) is 0 Å². The van der Waals surface area contributed by atoms with Crippen molar-refractivity contribution in [2.75, 3.05) is 6.54 Å². The zero-order valence-corrected chi connectivity index (χ0v) is 10.8. The number of hydrogen-bond acceptors (Lipinski definition) is 2. The Morgan fingerprint density at radius 1 is 1.35 bits per heavy atom. The van der Waals surface area contributed by atoms with Crippen LogP contribution in [0.5, 0.6) is 0 Å². The third-order valence-corrected chi connectivity index (χ3v) is 2.50. The molecule has 0 saturated carbocycles. The average molecular weight is 285 g/mol. The first-order chi connectivity index (χ1) is 9.34. The lowest BCUT2D eigenvalue weighted by molar-refractivity contribution is -0.137. The number of alkyl halides is 3. The highest BCUT2D eigenvalue weighted by Crippen LogP contribution is 2.33. The van der Waals surface area contributed by atoms with E-state index in [1.54, 1.807) is 6.08 Å². The Labute approximate surface area is 114 Å². The van der Waals surface area contributed by atoms with Gasteiger partial charge in [-0.3, -0.25) is 9.59 Å². The van der Waals surface area contributed by atoms with Gasteiger partial charge in [0.1, 0.15) is 6.29 Å². The van der Waals surface area contributed by atoms with Crippen LogP contribution in [0.2, 0.25) is 0 Å². The van der Waals surface area contributed by atoms with Gasteiger partial charge in [-0.2, -0.15) is 13.2 Å². The fourth-order valence-electron chi connectivity index (χ4n) is 1.58. The average Bonchev–Trinajstić information content (AvgIpc) is 2.37. The van der Waals surface area contributed by atoms with Crippen LogP contribution in [0.4, 0.5) is 13.2 Å². The number of carbonyl (C=O) groups is 2. The van der Waals surface area contributed by atoms with Crippen LogP contribution in [0.3, 0.4) is 0 Å². The van der Waals surface area contributed by atoms with Crippen LogP contribution in [0, 0.1) is 0 Å². The molecule has 0 aliphatic rings. The lowest BCUT2D eigenvalue weighted by Gasteiger charge is -2.10. The smallest absolute Gasteiger partial charge is 0.356 e. The Morgan fingerprint density at radius 3 is 2.60 bits per heavy atom. The van der Waals surface area contributed by atoms with Crippen molar-refractivity contribution < 1.29 is 22.8 Å². The second kappa shape index (κ2) is 6.88. The Morgan fingerprint density at radius 2 is 2.05 bits per heavy atom. The normalized spacial score (nSPS) is 11.6. The first kappa shape index (κ1) is 15.9. The molecule has 1 amide bonds. The van der Waals surface area contributed by atoms with Gasteiger partial charge in [0, 0.05) is 19.0 Å². The van der Waals surface area contributed by atoms with Crippen LogP contribution in [0.15, 0.2) is 24.3 Å². The van der Waals surface area contributed by atoms with Crippen LogP contribution in [-0.4, -0.2) is 18.7 Å². The molecule has 0 bridgehead atoms. The predicted octanol–water partition coefficient (Wildman–Crippen LogP) is 3.06. The molecule has 1 rings (SSSR count). The van der Waals surface area contributed by atoms with E-state index in [2.05, 4.69) is 5.32 Å². The van der Waals surface area contributed by atoms with Gasteiger partial charge in [-0.25, -0.2) is 0 Å². The van der Waals surface area contributed by atoms with Crippen molar-refractivity contribution in [2.45, 2.75) is 19.5 Å². The summed E-state index contributed by atoms with van der Waals surface area (Å²) in [5, 5.41) is 2.54. The molecule has 6 heteroatoms. The number of amides is 1. The van der Waals surface area contributed by atoms with E-state index < -0.39 is 11.7 Å². The van der Waals surface area contributed by atoms with E-state index in [1.165, 1.54) is 25.1 Å². The summed E-state index contributed by atoms with van der Waals surface area (Å²) in [7, 11) is 0. The van der Waals surface area contributed by atoms with Crippen LogP contribution < -0.4 is 5.32 Å². The van der Waals surface area contributed by atoms with Gasteiger partial charge in [-0.05, 0) is 18.1 Å². The standard InChI is InChI=1S/C14H14F3NO2/c1-10(20)18-7-3-2-4-12-6-5-11(9-19)8-13(12)14(15,16)17/h2,4-6,8-9H,3,7H2,1H3,(H,18,20). The van der Waals surface area contributed by atoms with Gasteiger partial charge >= 0.3 is 6.18 Å². The van der Waals surface area contributed by atoms with Crippen molar-refractivity contribution in [3.8, 4) is 0 Å². The quantitative estimate of drug-likeness (QED) is 0.667. The molecule has 108 valence electrons. The zero-order chi connectivity index (χ0) is 15.2. The maximum Gasteiger partial charge on any atom is 0.417 e. The Kier molecular flexibility index (Phi) is 5.49. The zero-order valence-electron chi connectivity index (χ0n) is 10.8. The van der Waals surface area contributed by atoms with Gasteiger partial charge in [-0.1, -0.05) is 24.3 Å². The van der Waals surface area contributed by atoms with Crippen LogP contribution in [-0.2, 0) is 11.0 Å². The molecule has 1 N–H and O–H groups in total. The fourth-order valence-corrected chi connectivity index (χ4v) is 1.58. The molecule has 3 nitrogen and oxygen atoms in total. The molecular formula is C14H14F3NO2. The molecule has 0 spiro atoms. The van der Waals surface area contributed by atoms with Gasteiger partial charge < -0.3 is 5.32 Å². The molecular weight excluding hydrogens is 271 g/mol. The topological polar surface area (TPSA) is 46.2 Å². The highest BCUT2D eigenvalue weighted by molar-refractivity contribution is 5.76. The molecule has 0 aliphatic carbocycles. The van der Waals surface area contributed by atoms with Gasteiger partial charge in [0.15, 0.2) is 0 Å². The maximum atomic E-state index is 12.8. The van der Waals surface area contributed by atoms with E-state index in [0.717, 1.165) is 6.07 Å². The molecule has 0 atom stereocenters. The Balaban J connectivity index is 2.86. The van der Waals surface area contributed by atoms with E-state index in [9.17, 15) is 22.8 Å². The fraction of sp³-hybridized carbons (Fsp3) is 0.286. The minimum Gasteiger partial charge on any atom is -0.356 e. The number of halogens is 3. The first-order valence-corrected chi connectivity index (χ1v) is 5.92. The van der Waals surface area contributed by atoms with Crippen LogP contribution >= 0.6 is 0 Å². The van der Waals surface area contributed by atoms with E-state index in [1.807, 2.05) is 0 Å². The monoisotopic (exact) mass is 285 g/mol. The van der Waals surface area contributed by atoms with Gasteiger partial charge in [0.05, 0.1) is 5.56 Å². The summed E-state index contributed by atoms with van der Waals surface area (Å²) >= 11 is 0. The molecule has 0 radical (unpaired) electrons. The van der Waals surface area contributed by atoms with E-state index in [0.29, 0.717) is 19.3 Å². The SMILES string of the molecule is CC(=O)NCCC=Cc1ccc(C=O)cc1C(F)(F)F. The first-order valence-electron chi connectivity index (χ1n) is 5.92. The number of hydrogen-bond donors (Lipinski definition) is 1. The second-order valence-electron chi connectivity index (χ2n) is 4.14. The summed E-state index contributed by atoms with van der Waals surface area (Å²) in [5.74, 6) is -0.190. The highest BCUT2D eigenvalue weighted by Gasteiger charge is 2.32. The predicted molar refractivity (Wildman–Crippen MR) is 69.2 cm³/mol. The number of nitrogens with one attached hydrogen (secondary N) is 1. The molecule has 0 aromatic heterocycles. The summed E-state index contributed by atoms with van der Waals surface area (Å²) in [6.45, 7) is 1.73. The number of carbonyl (C=O) groups excluding carboxylic acids is 2. The van der Waals surface area contributed by atoms with Crippen molar-refractivity contribution in [3.63, 3.8) is 0 Å². The van der Waals surface area contributed by atoms with Crippen LogP contribution in [0.25, 0.3) is 6.08 Å². The minimum absolute atomic E-state index is 0.00840. The number of aldehydes is 1. The minimum atomic E-state index is -4.52. The number of benzene rings is 1. The lowest BCUT2D eigenvalue weighted by Crippen LogP contribution is -2.20. The van der Waals surface area contributed by atoms with Crippen molar-refractivity contribution in [2.24, 2.45) is 0 Å². The highest BCUT2D eigenvalue weighted by atomic mass is 19.4. The maximum absolute atomic E-state index is 12.8. The van der Waals surface area contributed by atoms with Crippen molar-refractivity contribution in [1.82, 2.24) is 5.32 Å². The Hall–Kier alpha value is -2.11. The molecule has 0 unspecified atom stereocenters. The summed E-state index contributed by atoms with van der Waals surface area (Å²) in [6, 6.07) is 3.40. The number of rotatable bonds is 5. The van der Waals surface area contributed by atoms with Crippen molar-refractivity contribution >= 4 is 18.3 Å². The third kappa shape index (κ3) is 4.87. The molecule has 0 aliphatic heterocycles. The molecule has 20 heavy (non-hydrogen) atoms. The van der Waals surface area contributed by atoms with Gasteiger partial charge in [-0.15, -0.1) is 0 Å². The second-order valence-corrected chi connectivity index (χ2v) is 4.14. The van der Waals surface area contributed by atoms with E-state index in [-0.39, 0.29) is 17.0 Å². The molecule has 0 saturated heterocycles. The Bertz CT molecular complexity index is 522.